The number of methoxy groups -OCH3 is 2. The van der Waals surface area contributed by atoms with E-state index in [4.69, 9.17) is 9.47 Å². The van der Waals surface area contributed by atoms with Crippen molar-refractivity contribution < 1.29 is 9.47 Å². The molecule has 0 N–H and O–H groups in total. The van der Waals surface area contributed by atoms with Crippen molar-refractivity contribution in [2.75, 3.05) is 14.2 Å². The standard InChI is InChI=1S/C22H16N2O2/c1-25-17-7-3-15(4-8-17)19-11-12-20(22(14-24)21(19)13-23)16-5-9-18(26-2)10-6-16/h3-12H,1-2H3. The van der Waals surface area contributed by atoms with Crippen molar-refractivity contribution in [2.24, 2.45) is 0 Å². The highest BCUT2D eigenvalue weighted by Crippen LogP contribution is 2.34. The van der Waals surface area contributed by atoms with E-state index in [1.165, 1.54) is 0 Å². The average Bonchev–Trinajstić information content (AvgIpc) is 2.72. The van der Waals surface area contributed by atoms with Gasteiger partial charge in [-0.1, -0.05) is 36.4 Å². The molecular weight excluding hydrogens is 324 g/mol. The van der Waals surface area contributed by atoms with Crippen molar-refractivity contribution in [3.05, 3.63) is 71.8 Å². The van der Waals surface area contributed by atoms with E-state index in [0.29, 0.717) is 11.1 Å². The van der Waals surface area contributed by atoms with Crippen LogP contribution in [0, 0.1) is 22.7 Å². The summed E-state index contributed by atoms with van der Waals surface area (Å²) in [6.07, 6.45) is 0. The Labute approximate surface area is 152 Å². The third-order valence-electron chi connectivity index (χ3n) is 4.23. The molecule has 0 heterocycles. The summed E-state index contributed by atoms with van der Waals surface area (Å²) in [5.74, 6) is 1.48. The molecule has 0 bridgehead atoms. The summed E-state index contributed by atoms with van der Waals surface area (Å²) in [6.45, 7) is 0. The van der Waals surface area contributed by atoms with E-state index < -0.39 is 0 Å². The molecule has 0 amide bonds. The van der Waals surface area contributed by atoms with Gasteiger partial charge >= 0.3 is 0 Å². The summed E-state index contributed by atoms with van der Waals surface area (Å²) in [6, 6.07) is 23.0. The van der Waals surface area contributed by atoms with Gasteiger partial charge in [-0.05, 0) is 35.4 Å². The molecular formula is C22H16N2O2. The van der Waals surface area contributed by atoms with Gasteiger partial charge in [0.05, 0.1) is 25.3 Å². The van der Waals surface area contributed by atoms with Gasteiger partial charge < -0.3 is 9.47 Å². The van der Waals surface area contributed by atoms with E-state index in [1.807, 2.05) is 60.7 Å². The van der Waals surface area contributed by atoms with E-state index in [-0.39, 0.29) is 0 Å². The first-order valence-electron chi connectivity index (χ1n) is 7.98. The Balaban J connectivity index is 2.15. The lowest BCUT2D eigenvalue weighted by Gasteiger charge is -2.12. The number of nitrogens with zero attached hydrogens (tertiary/aromatic N) is 2. The smallest absolute Gasteiger partial charge is 0.118 e. The third kappa shape index (κ3) is 3.09. The molecule has 3 aromatic carbocycles. The van der Waals surface area contributed by atoms with Gasteiger partial charge in [0.25, 0.3) is 0 Å². The zero-order chi connectivity index (χ0) is 18.5. The van der Waals surface area contributed by atoms with E-state index in [1.54, 1.807) is 14.2 Å². The summed E-state index contributed by atoms with van der Waals surface area (Å²) in [5.41, 5.74) is 3.91. The van der Waals surface area contributed by atoms with Crippen LogP contribution in [-0.2, 0) is 0 Å². The molecule has 0 aliphatic rings. The van der Waals surface area contributed by atoms with Crippen molar-refractivity contribution >= 4 is 0 Å². The Morgan fingerprint density at radius 2 is 0.923 bits per heavy atom. The highest BCUT2D eigenvalue weighted by molar-refractivity contribution is 5.82. The number of hydrogen-bond donors (Lipinski definition) is 0. The summed E-state index contributed by atoms with van der Waals surface area (Å²) >= 11 is 0. The molecule has 0 aliphatic heterocycles. The maximum atomic E-state index is 9.70. The number of benzene rings is 3. The van der Waals surface area contributed by atoms with Gasteiger partial charge in [0.15, 0.2) is 0 Å². The van der Waals surface area contributed by atoms with Crippen LogP contribution >= 0.6 is 0 Å². The van der Waals surface area contributed by atoms with Crippen LogP contribution in [0.3, 0.4) is 0 Å². The van der Waals surface area contributed by atoms with Gasteiger partial charge in [0.2, 0.25) is 0 Å². The molecule has 3 aromatic rings. The van der Waals surface area contributed by atoms with Crippen molar-refractivity contribution in [1.29, 1.82) is 10.5 Å². The minimum Gasteiger partial charge on any atom is -0.497 e. The Bertz CT molecular complexity index is 924. The summed E-state index contributed by atoms with van der Waals surface area (Å²) in [7, 11) is 3.21. The minimum atomic E-state index is 0.367. The molecule has 0 saturated heterocycles. The number of hydrogen-bond acceptors (Lipinski definition) is 4. The second-order valence-corrected chi connectivity index (χ2v) is 5.59. The Hall–Kier alpha value is -3.76. The fourth-order valence-electron chi connectivity index (χ4n) is 2.86. The monoisotopic (exact) mass is 340 g/mol. The molecule has 0 fully saturated rings. The van der Waals surface area contributed by atoms with Crippen LogP contribution in [0.5, 0.6) is 11.5 Å². The van der Waals surface area contributed by atoms with Crippen molar-refractivity contribution in [2.45, 2.75) is 0 Å². The molecule has 0 radical (unpaired) electrons. The van der Waals surface area contributed by atoms with E-state index in [2.05, 4.69) is 12.1 Å². The third-order valence-corrected chi connectivity index (χ3v) is 4.23. The van der Waals surface area contributed by atoms with Gasteiger partial charge in [0.1, 0.15) is 23.6 Å². The normalized spacial score (nSPS) is 9.85. The molecule has 126 valence electrons. The predicted molar refractivity (Wildman–Crippen MR) is 99.8 cm³/mol. The lowest BCUT2D eigenvalue weighted by atomic mass is 9.90. The highest BCUT2D eigenvalue weighted by atomic mass is 16.5. The van der Waals surface area contributed by atoms with Crippen molar-refractivity contribution in [1.82, 2.24) is 0 Å². The first-order valence-corrected chi connectivity index (χ1v) is 7.98. The van der Waals surface area contributed by atoms with Crippen LogP contribution in [0.1, 0.15) is 11.1 Å². The van der Waals surface area contributed by atoms with Gasteiger partial charge in [-0.25, -0.2) is 0 Å². The summed E-state index contributed by atoms with van der Waals surface area (Å²) in [5, 5.41) is 19.4. The number of ether oxygens (including phenoxy) is 2. The molecule has 3 rings (SSSR count). The highest BCUT2D eigenvalue weighted by Gasteiger charge is 2.16. The van der Waals surface area contributed by atoms with Crippen molar-refractivity contribution in [3.63, 3.8) is 0 Å². The molecule has 4 nitrogen and oxygen atoms in total. The fraction of sp³-hybridized carbons (Fsp3) is 0.0909. The summed E-state index contributed by atoms with van der Waals surface area (Å²) in [4.78, 5) is 0. The zero-order valence-corrected chi connectivity index (χ0v) is 14.5. The Morgan fingerprint density at radius 3 is 1.19 bits per heavy atom. The SMILES string of the molecule is COc1ccc(-c2ccc(-c3ccc(OC)cc3)c(C#N)c2C#N)cc1. The Morgan fingerprint density at radius 1 is 0.577 bits per heavy atom. The van der Waals surface area contributed by atoms with Gasteiger partial charge in [0, 0.05) is 11.1 Å². The van der Waals surface area contributed by atoms with Crippen molar-refractivity contribution in [3.8, 4) is 45.9 Å². The molecule has 0 spiro atoms. The minimum absolute atomic E-state index is 0.367. The molecule has 0 saturated carbocycles. The maximum absolute atomic E-state index is 9.70. The van der Waals surface area contributed by atoms with Crippen LogP contribution in [-0.4, -0.2) is 14.2 Å². The maximum Gasteiger partial charge on any atom is 0.118 e. The largest absolute Gasteiger partial charge is 0.497 e. The lowest BCUT2D eigenvalue weighted by molar-refractivity contribution is 0.415. The van der Waals surface area contributed by atoms with Gasteiger partial charge in [-0.3, -0.25) is 0 Å². The fourth-order valence-corrected chi connectivity index (χ4v) is 2.86. The predicted octanol–water partition coefficient (Wildman–Crippen LogP) is 4.78. The van der Waals surface area contributed by atoms with Crippen LogP contribution in [0.2, 0.25) is 0 Å². The van der Waals surface area contributed by atoms with Crippen LogP contribution < -0.4 is 9.47 Å². The molecule has 0 aromatic heterocycles. The Kier molecular flexibility index (Phi) is 4.87. The molecule has 0 atom stereocenters. The van der Waals surface area contributed by atoms with Crippen LogP contribution in [0.15, 0.2) is 60.7 Å². The van der Waals surface area contributed by atoms with Crippen LogP contribution in [0.4, 0.5) is 0 Å². The second kappa shape index (κ2) is 7.42. The summed E-state index contributed by atoms with van der Waals surface area (Å²) < 4.78 is 10.3. The van der Waals surface area contributed by atoms with Crippen LogP contribution in [0.25, 0.3) is 22.3 Å². The van der Waals surface area contributed by atoms with E-state index in [0.717, 1.165) is 33.8 Å². The first-order chi connectivity index (χ1) is 12.7. The number of rotatable bonds is 4. The average molecular weight is 340 g/mol. The van der Waals surface area contributed by atoms with Gasteiger partial charge in [-0.15, -0.1) is 0 Å². The second-order valence-electron chi connectivity index (χ2n) is 5.59. The number of nitriles is 2. The molecule has 26 heavy (non-hydrogen) atoms. The molecule has 0 aliphatic carbocycles. The first kappa shape index (κ1) is 17.1. The molecule has 4 heteroatoms. The van der Waals surface area contributed by atoms with E-state index >= 15 is 0 Å². The van der Waals surface area contributed by atoms with Gasteiger partial charge in [-0.2, -0.15) is 10.5 Å². The quantitative estimate of drug-likeness (QED) is 0.685. The zero-order valence-electron chi connectivity index (χ0n) is 14.5. The topological polar surface area (TPSA) is 66.0 Å². The lowest BCUT2D eigenvalue weighted by Crippen LogP contribution is -1.94. The molecule has 0 unspecified atom stereocenters. The van der Waals surface area contributed by atoms with E-state index in [9.17, 15) is 10.5 Å².